The second-order valence-electron chi connectivity index (χ2n) is 4.42. The summed E-state index contributed by atoms with van der Waals surface area (Å²) in [6.07, 6.45) is 1.56. The molecule has 0 aliphatic heterocycles. The Morgan fingerprint density at radius 2 is 2.05 bits per heavy atom. The quantitative estimate of drug-likeness (QED) is 0.606. The van der Waals surface area contributed by atoms with Gasteiger partial charge in [-0.05, 0) is 44.9 Å². The predicted octanol–water partition coefficient (Wildman–Crippen LogP) is 2.77. The SMILES string of the molecule is CC#CCCOc1ccc(CC(C)N)cc1OCC. The van der Waals surface area contributed by atoms with Crippen LogP contribution in [-0.4, -0.2) is 19.3 Å². The van der Waals surface area contributed by atoms with Crippen molar-refractivity contribution in [2.45, 2.75) is 39.7 Å². The normalized spacial score (nSPS) is 11.4. The standard InChI is InChI=1S/C16H23NO2/c1-4-6-7-10-19-15-9-8-14(11-13(3)17)12-16(15)18-5-2/h8-9,12-13H,5,7,10-11,17H2,1-3H3. The van der Waals surface area contributed by atoms with Crippen molar-refractivity contribution in [3.05, 3.63) is 23.8 Å². The Kier molecular flexibility index (Phi) is 6.84. The Morgan fingerprint density at radius 1 is 1.26 bits per heavy atom. The van der Waals surface area contributed by atoms with E-state index in [-0.39, 0.29) is 6.04 Å². The first-order chi connectivity index (χ1) is 9.17. The molecule has 0 heterocycles. The van der Waals surface area contributed by atoms with Crippen LogP contribution >= 0.6 is 0 Å². The first kappa shape index (κ1) is 15.4. The van der Waals surface area contributed by atoms with Crippen LogP contribution in [-0.2, 0) is 6.42 Å². The zero-order valence-electron chi connectivity index (χ0n) is 12.0. The molecule has 0 saturated carbocycles. The van der Waals surface area contributed by atoms with E-state index in [1.165, 1.54) is 5.56 Å². The lowest BCUT2D eigenvalue weighted by Crippen LogP contribution is -2.17. The van der Waals surface area contributed by atoms with Gasteiger partial charge in [0.2, 0.25) is 0 Å². The molecule has 0 aromatic heterocycles. The van der Waals surface area contributed by atoms with E-state index in [1.54, 1.807) is 0 Å². The van der Waals surface area contributed by atoms with Gasteiger partial charge in [-0.15, -0.1) is 11.8 Å². The fourth-order valence-corrected chi connectivity index (χ4v) is 1.78. The molecule has 0 saturated heterocycles. The van der Waals surface area contributed by atoms with Gasteiger partial charge in [0, 0.05) is 12.5 Å². The van der Waals surface area contributed by atoms with E-state index in [1.807, 2.05) is 39.0 Å². The Bertz CT molecular complexity index is 444. The van der Waals surface area contributed by atoms with Gasteiger partial charge in [0.15, 0.2) is 11.5 Å². The van der Waals surface area contributed by atoms with Crippen LogP contribution in [0.5, 0.6) is 11.5 Å². The third-order valence-corrected chi connectivity index (χ3v) is 2.53. The van der Waals surface area contributed by atoms with E-state index in [9.17, 15) is 0 Å². The topological polar surface area (TPSA) is 44.5 Å². The summed E-state index contributed by atoms with van der Waals surface area (Å²) in [5.74, 6) is 7.38. The number of nitrogens with two attached hydrogens (primary N) is 1. The average Bonchev–Trinajstić information content (AvgIpc) is 2.36. The molecule has 3 nitrogen and oxygen atoms in total. The molecule has 1 rings (SSSR count). The molecule has 104 valence electrons. The summed E-state index contributed by atoms with van der Waals surface area (Å²) < 4.78 is 11.3. The molecule has 0 amide bonds. The van der Waals surface area contributed by atoms with Gasteiger partial charge in [-0.3, -0.25) is 0 Å². The van der Waals surface area contributed by atoms with Crippen LogP contribution < -0.4 is 15.2 Å². The first-order valence-electron chi connectivity index (χ1n) is 6.71. The third-order valence-electron chi connectivity index (χ3n) is 2.53. The molecule has 1 unspecified atom stereocenters. The van der Waals surface area contributed by atoms with Crippen molar-refractivity contribution < 1.29 is 9.47 Å². The lowest BCUT2D eigenvalue weighted by molar-refractivity contribution is 0.281. The lowest BCUT2D eigenvalue weighted by atomic mass is 10.1. The van der Waals surface area contributed by atoms with Crippen molar-refractivity contribution in [2.75, 3.05) is 13.2 Å². The van der Waals surface area contributed by atoms with Gasteiger partial charge < -0.3 is 15.2 Å². The van der Waals surface area contributed by atoms with E-state index in [2.05, 4.69) is 11.8 Å². The van der Waals surface area contributed by atoms with E-state index >= 15 is 0 Å². The Balaban J connectivity index is 2.74. The molecule has 3 heteroatoms. The monoisotopic (exact) mass is 261 g/mol. The molecule has 1 atom stereocenters. The van der Waals surface area contributed by atoms with Crippen LogP contribution in [0.4, 0.5) is 0 Å². The molecular formula is C16H23NO2. The molecule has 0 aliphatic rings. The van der Waals surface area contributed by atoms with Crippen LogP contribution in [0.3, 0.4) is 0 Å². The highest BCUT2D eigenvalue weighted by Crippen LogP contribution is 2.29. The van der Waals surface area contributed by atoms with Crippen LogP contribution in [0.2, 0.25) is 0 Å². The fraction of sp³-hybridized carbons (Fsp3) is 0.500. The van der Waals surface area contributed by atoms with Crippen LogP contribution in [0.25, 0.3) is 0 Å². The van der Waals surface area contributed by atoms with Crippen LogP contribution in [0, 0.1) is 11.8 Å². The van der Waals surface area contributed by atoms with Gasteiger partial charge in [0.25, 0.3) is 0 Å². The summed E-state index contributed by atoms with van der Waals surface area (Å²) in [4.78, 5) is 0. The summed E-state index contributed by atoms with van der Waals surface area (Å²) in [6.45, 7) is 6.98. The van der Waals surface area contributed by atoms with Gasteiger partial charge in [0.05, 0.1) is 13.2 Å². The Labute approximate surface area is 116 Å². The minimum absolute atomic E-state index is 0.140. The molecule has 19 heavy (non-hydrogen) atoms. The van der Waals surface area contributed by atoms with E-state index < -0.39 is 0 Å². The molecule has 0 spiro atoms. The minimum atomic E-state index is 0.140. The molecule has 1 aromatic rings. The van der Waals surface area contributed by atoms with Gasteiger partial charge in [-0.1, -0.05) is 6.07 Å². The molecule has 0 bridgehead atoms. The van der Waals surface area contributed by atoms with Crippen LogP contribution in [0.1, 0.15) is 32.8 Å². The summed E-state index contributed by atoms with van der Waals surface area (Å²) in [6, 6.07) is 6.13. The summed E-state index contributed by atoms with van der Waals surface area (Å²) >= 11 is 0. The number of ether oxygens (including phenoxy) is 2. The van der Waals surface area contributed by atoms with Crippen molar-refractivity contribution >= 4 is 0 Å². The first-order valence-corrected chi connectivity index (χ1v) is 6.71. The van der Waals surface area contributed by atoms with Gasteiger partial charge in [0.1, 0.15) is 0 Å². The second kappa shape index (κ2) is 8.44. The maximum atomic E-state index is 5.81. The molecule has 0 radical (unpaired) electrons. The van der Waals surface area contributed by atoms with Crippen molar-refractivity contribution in [3.8, 4) is 23.3 Å². The summed E-state index contributed by atoms with van der Waals surface area (Å²) in [5, 5.41) is 0. The summed E-state index contributed by atoms with van der Waals surface area (Å²) in [7, 11) is 0. The maximum absolute atomic E-state index is 5.81. The molecule has 1 aromatic carbocycles. The molecule has 2 N–H and O–H groups in total. The smallest absolute Gasteiger partial charge is 0.161 e. The van der Waals surface area contributed by atoms with Crippen molar-refractivity contribution in [3.63, 3.8) is 0 Å². The van der Waals surface area contributed by atoms with E-state index in [0.717, 1.165) is 24.3 Å². The summed E-state index contributed by atoms with van der Waals surface area (Å²) in [5.41, 5.74) is 6.98. The fourth-order valence-electron chi connectivity index (χ4n) is 1.78. The number of rotatable bonds is 7. The maximum Gasteiger partial charge on any atom is 0.161 e. The molecule has 0 aliphatic carbocycles. The largest absolute Gasteiger partial charge is 0.490 e. The van der Waals surface area contributed by atoms with E-state index in [4.69, 9.17) is 15.2 Å². The van der Waals surface area contributed by atoms with Crippen molar-refractivity contribution in [1.82, 2.24) is 0 Å². The zero-order valence-corrected chi connectivity index (χ0v) is 12.0. The van der Waals surface area contributed by atoms with Crippen LogP contribution in [0.15, 0.2) is 18.2 Å². The van der Waals surface area contributed by atoms with E-state index in [0.29, 0.717) is 13.2 Å². The molecular weight excluding hydrogens is 238 g/mol. The second-order valence-corrected chi connectivity index (χ2v) is 4.42. The minimum Gasteiger partial charge on any atom is -0.490 e. The average molecular weight is 261 g/mol. The third kappa shape index (κ3) is 5.67. The number of benzene rings is 1. The highest BCUT2D eigenvalue weighted by atomic mass is 16.5. The Hall–Kier alpha value is -1.66. The molecule has 0 fully saturated rings. The zero-order chi connectivity index (χ0) is 14.1. The number of hydrogen-bond acceptors (Lipinski definition) is 3. The van der Waals surface area contributed by atoms with Gasteiger partial charge in [-0.25, -0.2) is 0 Å². The highest BCUT2D eigenvalue weighted by molar-refractivity contribution is 5.43. The van der Waals surface area contributed by atoms with Gasteiger partial charge in [-0.2, -0.15) is 0 Å². The van der Waals surface area contributed by atoms with Crippen molar-refractivity contribution in [1.29, 1.82) is 0 Å². The lowest BCUT2D eigenvalue weighted by Gasteiger charge is -2.13. The predicted molar refractivity (Wildman–Crippen MR) is 78.5 cm³/mol. The number of hydrogen-bond donors (Lipinski definition) is 1. The van der Waals surface area contributed by atoms with Crippen molar-refractivity contribution in [2.24, 2.45) is 5.73 Å². The Morgan fingerprint density at radius 3 is 2.68 bits per heavy atom. The highest BCUT2D eigenvalue weighted by Gasteiger charge is 2.07. The van der Waals surface area contributed by atoms with Gasteiger partial charge >= 0.3 is 0 Å².